The highest BCUT2D eigenvalue weighted by Gasteiger charge is 2.14. The first-order valence-corrected chi connectivity index (χ1v) is 4.02. The number of hydrogen-bond acceptors (Lipinski definition) is 2. The molecule has 2 atom stereocenters. The second-order valence-electron chi connectivity index (χ2n) is 2.38. The fourth-order valence-electron chi connectivity index (χ4n) is 1.06. The van der Waals surface area contributed by atoms with Gasteiger partial charge in [-0.2, -0.15) is 0 Å². The molecule has 11 heavy (non-hydrogen) atoms. The van der Waals surface area contributed by atoms with Gasteiger partial charge in [0.15, 0.2) is 0 Å². The van der Waals surface area contributed by atoms with E-state index >= 15 is 0 Å². The maximum Gasteiger partial charge on any atom is 0.0952 e. The Balaban J connectivity index is 3.89. The molecular weight excluding hydrogens is 138 g/mol. The molecule has 0 fully saturated rings. The van der Waals surface area contributed by atoms with E-state index in [-0.39, 0.29) is 12.1 Å². The van der Waals surface area contributed by atoms with Crippen LogP contribution in [0.1, 0.15) is 20.3 Å². The molecule has 2 nitrogen and oxygen atoms in total. The molecular formula is C9H17NO. The first-order valence-electron chi connectivity index (χ1n) is 4.02. The first-order chi connectivity index (χ1) is 5.29. The molecule has 0 rings (SSSR count). The Morgan fingerprint density at radius 2 is 2.18 bits per heavy atom. The van der Waals surface area contributed by atoms with Gasteiger partial charge in [-0.25, -0.2) is 0 Å². The molecule has 0 aromatic rings. The van der Waals surface area contributed by atoms with Crippen LogP contribution in [0.2, 0.25) is 0 Å². The van der Waals surface area contributed by atoms with Crippen LogP contribution < -0.4 is 5.32 Å². The summed E-state index contributed by atoms with van der Waals surface area (Å²) >= 11 is 0. The molecule has 0 aliphatic heterocycles. The minimum atomic E-state index is 0.0509. The molecule has 2 heteroatoms. The lowest BCUT2D eigenvalue weighted by Gasteiger charge is -2.20. The van der Waals surface area contributed by atoms with E-state index in [0.717, 1.165) is 13.0 Å². The number of nitrogens with one attached hydrogen (secondary N) is 1. The lowest BCUT2D eigenvalue weighted by Crippen LogP contribution is -2.39. The van der Waals surface area contributed by atoms with Crippen molar-refractivity contribution < 1.29 is 4.74 Å². The zero-order chi connectivity index (χ0) is 8.69. The van der Waals surface area contributed by atoms with Crippen LogP contribution in [-0.2, 0) is 4.74 Å². The highest BCUT2D eigenvalue weighted by molar-refractivity contribution is 5.02. The zero-order valence-corrected chi connectivity index (χ0v) is 7.55. The Morgan fingerprint density at radius 1 is 1.55 bits per heavy atom. The maximum atomic E-state index is 5.32. The fourth-order valence-corrected chi connectivity index (χ4v) is 1.06. The molecule has 1 N–H and O–H groups in total. The van der Waals surface area contributed by atoms with Gasteiger partial charge in [-0.3, -0.25) is 0 Å². The van der Waals surface area contributed by atoms with Crippen molar-refractivity contribution >= 4 is 0 Å². The van der Waals surface area contributed by atoms with Gasteiger partial charge in [0.2, 0.25) is 0 Å². The van der Waals surface area contributed by atoms with Gasteiger partial charge in [-0.15, -0.1) is 6.42 Å². The molecule has 0 aromatic carbocycles. The van der Waals surface area contributed by atoms with Gasteiger partial charge < -0.3 is 10.1 Å². The Hall–Kier alpha value is -0.520. The monoisotopic (exact) mass is 155 g/mol. The van der Waals surface area contributed by atoms with E-state index in [1.54, 1.807) is 7.11 Å². The van der Waals surface area contributed by atoms with Crippen LogP contribution in [0.25, 0.3) is 0 Å². The SMILES string of the molecule is C#CC(NCC)C(CC)OC. The van der Waals surface area contributed by atoms with E-state index in [1.165, 1.54) is 0 Å². The number of rotatable bonds is 5. The van der Waals surface area contributed by atoms with Crippen molar-refractivity contribution in [1.82, 2.24) is 5.32 Å². The summed E-state index contributed by atoms with van der Waals surface area (Å²) < 4.78 is 5.20. The molecule has 0 saturated heterocycles. The number of ether oxygens (including phenoxy) is 1. The van der Waals surface area contributed by atoms with Crippen molar-refractivity contribution in [3.63, 3.8) is 0 Å². The molecule has 0 saturated carbocycles. The topological polar surface area (TPSA) is 21.3 Å². The van der Waals surface area contributed by atoms with Gasteiger partial charge >= 0.3 is 0 Å². The Bertz CT molecular complexity index is 124. The van der Waals surface area contributed by atoms with E-state index in [9.17, 15) is 0 Å². The largest absolute Gasteiger partial charge is 0.379 e. The summed E-state index contributed by atoms with van der Waals surface area (Å²) in [5, 5.41) is 3.17. The van der Waals surface area contributed by atoms with E-state index in [0.29, 0.717) is 0 Å². The summed E-state index contributed by atoms with van der Waals surface area (Å²) in [6.45, 7) is 4.98. The lowest BCUT2D eigenvalue weighted by molar-refractivity contribution is 0.0820. The summed E-state index contributed by atoms with van der Waals surface area (Å²) in [5.74, 6) is 2.67. The van der Waals surface area contributed by atoms with E-state index in [2.05, 4.69) is 18.2 Å². The molecule has 0 aliphatic rings. The van der Waals surface area contributed by atoms with Crippen molar-refractivity contribution in [2.24, 2.45) is 0 Å². The van der Waals surface area contributed by atoms with Gasteiger partial charge in [0, 0.05) is 7.11 Å². The Morgan fingerprint density at radius 3 is 2.45 bits per heavy atom. The van der Waals surface area contributed by atoms with E-state index < -0.39 is 0 Å². The van der Waals surface area contributed by atoms with Crippen molar-refractivity contribution in [1.29, 1.82) is 0 Å². The van der Waals surface area contributed by atoms with E-state index in [4.69, 9.17) is 11.2 Å². The van der Waals surface area contributed by atoms with Gasteiger partial charge in [0.25, 0.3) is 0 Å². The Kier molecular flexibility index (Phi) is 5.91. The summed E-state index contributed by atoms with van der Waals surface area (Å²) in [7, 11) is 1.69. The molecule has 0 radical (unpaired) electrons. The quantitative estimate of drug-likeness (QED) is 0.599. The number of methoxy groups -OCH3 is 1. The predicted molar refractivity (Wildman–Crippen MR) is 47.4 cm³/mol. The molecule has 0 amide bonds. The van der Waals surface area contributed by atoms with Crippen LogP contribution in [0.4, 0.5) is 0 Å². The molecule has 0 aliphatic carbocycles. The van der Waals surface area contributed by atoms with Crippen LogP contribution in [0.3, 0.4) is 0 Å². The smallest absolute Gasteiger partial charge is 0.0952 e. The van der Waals surface area contributed by atoms with Crippen LogP contribution in [-0.4, -0.2) is 25.8 Å². The van der Waals surface area contributed by atoms with Crippen LogP contribution in [0.15, 0.2) is 0 Å². The molecule has 64 valence electrons. The number of hydrogen-bond donors (Lipinski definition) is 1. The molecule has 0 bridgehead atoms. The molecule has 0 heterocycles. The average molecular weight is 155 g/mol. The van der Waals surface area contributed by atoms with Gasteiger partial charge in [-0.1, -0.05) is 19.8 Å². The third-order valence-electron chi connectivity index (χ3n) is 1.68. The van der Waals surface area contributed by atoms with Crippen LogP contribution in [0.5, 0.6) is 0 Å². The standard InChI is InChI=1S/C9H17NO/c1-5-8(10-7-3)9(6-2)11-4/h1,8-10H,6-7H2,2-4H3. The zero-order valence-electron chi connectivity index (χ0n) is 7.55. The highest BCUT2D eigenvalue weighted by Crippen LogP contribution is 2.01. The lowest BCUT2D eigenvalue weighted by atomic mass is 10.1. The third kappa shape index (κ3) is 3.41. The van der Waals surface area contributed by atoms with Crippen molar-refractivity contribution in [3.05, 3.63) is 0 Å². The minimum absolute atomic E-state index is 0.0509. The number of terminal acetylenes is 1. The van der Waals surface area contributed by atoms with Gasteiger partial charge in [-0.05, 0) is 13.0 Å². The number of likely N-dealkylation sites (N-methyl/N-ethyl adjacent to an activating group) is 1. The summed E-state index contributed by atoms with van der Waals surface area (Å²) in [6.07, 6.45) is 6.40. The second-order valence-corrected chi connectivity index (χ2v) is 2.38. The molecule has 0 spiro atoms. The first kappa shape index (κ1) is 10.5. The van der Waals surface area contributed by atoms with Crippen molar-refractivity contribution in [2.75, 3.05) is 13.7 Å². The van der Waals surface area contributed by atoms with E-state index in [1.807, 2.05) is 6.92 Å². The van der Waals surface area contributed by atoms with Crippen LogP contribution >= 0.6 is 0 Å². The van der Waals surface area contributed by atoms with Crippen molar-refractivity contribution in [3.8, 4) is 12.3 Å². The Labute approximate surface area is 69.3 Å². The summed E-state index contributed by atoms with van der Waals surface area (Å²) in [6, 6.07) is 0.0509. The summed E-state index contributed by atoms with van der Waals surface area (Å²) in [4.78, 5) is 0. The molecule has 0 aromatic heterocycles. The fraction of sp³-hybridized carbons (Fsp3) is 0.778. The highest BCUT2D eigenvalue weighted by atomic mass is 16.5. The molecule has 2 unspecified atom stereocenters. The van der Waals surface area contributed by atoms with Crippen LogP contribution in [0, 0.1) is 12.3 Å². The normalized spacial score (nSPS) is 15.5. The average Bonchev–Trinajstić information content (AvgIpc) is 2.05. The predicted octanol–water partition coefficient (Wildman–Crippen LogP) is 1.02. The minimum Gasteiger partial charge on any atom is -0.379 e. The van der Waals surface area contributed by atoms with Gasteiger partial charge in [0.05, 0.1) is 12.1 Å². The summed E-state index contributed by atoms with van der Waals surface area (Å²) in [5.41, 5.74) is 0. The van der Waals surface area contributed by atoms with Crippen molar-refractivity contribution in [2.45, 2.75) is 32.4 Å². The maximum absolute atomic E-state index is 5.32. The van der Waals surface area contributed by atoms with Gasteiger partial charge in [0.1, 0.15) is 0 Å². The second kappa shape index (κ2) is 6.21. The third-order valence-corrected chi connectivity index (χ3v) is 1.68.